The normalized spacial score (nSPS) is 21.8. The summed E-state index contributed by atoms with van der Waals surface area (Å²) in [6.45, 7) is 1.80. The van der Waals surface area contributed by atoms with Gasteiger partial charge in [-0.25, -0.2) is 9.37 Å². The maximum atomic E-state index is 13.7. The van der Waals surface area contributed by atoms with Gasteiger partial charge in [0, 0.05) is 6.20 Å². The number of carbonyl (C=O) groups is 1. The summed E-state index contributed by atoms with van der Waals surface area (Å²) >= 11 is 1.35. The number of aromatic nitrogens is 1. The van der Waals surface area contributed by atoms with Gasteiger partial charge in [0.15, 0.2) is 0 Å². The molecule has 27 heavy (non-hydrogen) atoms. The van der Waals surface area contributed by atoms with E-state index in [0.29, 0.717) is 10.6 Å². The minimum absolute atomic E-state index is 0.139. The Kier molecular flexibility index (Phi) is 5.55. The van der Waals surface area contributed by atoms with Crippen LogP contribution in [0.4, 0.5) is 13.2 Å². The lowest BCUT2D eigenvalue weighted by molar-refractivity contribution is -0.159. The predicted molar refractivity (Wildman–Crippen MR) is 94.0 cm³/mol. The minimum atomic E-state index is -3.23. The molecule has 0 radical (unpaired) electrons. The van der Waals surface area contributed by atoms with Crippen LogP contribution in [0.3, 0.4) is 0 Å². The highest BCUT2D eigenvalue weighted by Gasteiger charge is 2.52. The van der Waals surface area contributed by atoms with Crippen LogP contribution in [0.2, 0.25) is 0 Å². The van der Waals surface area contributed by atoms with Gasteiger partial charge in [0.2, 0.25) is 0 Å². The summed E-state index contributed by atoms with van der Waals surface area (Å²) in [5, 5.41) is 9.70. The first-order chi connectivity index (χ1) is 12.8. The fraction of sp³-hybridized carbons (Fsp3) is 0.444. The van der Waals surface area contributed by atoms with Gasteiger partial charge in [-0.1, -0.05) is 24.3 Å². The average molecular weight is 400 g/mol. The van der Waals surface area contributed by atoms with E-state index in [2.05, 4.69) is 4.98 Å². The van der Waals surface area contributed by atoms with E-state index in [1.807, 2.05) is 0 Å². The monoisotopic (exact) mass is 400 g/mol. The van der Waals surface area contributed by atoms with Crippen LogP contribution in [0.15, 0.2) is 30.5 Å². The van der Waals surface area contributed by atoms with Crippen LogP contribution in [0.5, 0.6) is 0 Å². The van der Waals surface area contributed by atoms with E-state index in [0.717, 1.165) is 15.3 Å². The molecule has 0 saturated carbocycles. The molecule has 1 aromatic heterocycles. The Labute approximate surface area is 158 Å². The molecule has 2 heterocycles. The van der Waals surface area contributed by atoms with E-state index in [4.69, 9.17) is 9.84 Å². The van der Waals surface area contributed by atoms with Gasteiger partial charge < -0.3 is 14.7 Å². The van der Waals surface area contributed by atoms with Crippen molar-refractivity contribution in [1.29, 1.82) is 0 Å². The first kappa shape index (κ1) is 19.8. The van der Waals surface area contributed by atoms with E-state index in [9.17, 15) is 18.0 Å². The maximum absolute atomic E-state index is 13.7. The number of thiazole rings is 1. The molecule has 1 aromatic carbocycles. The van der Waals surface area contributed by atoms with E-state index in [-0.39, 0.29) is 6.61 Å². The predicted octanol–water partition coefficient (Wildman–Crippen LogP) is 3.54. The number of rotatable bonds is 5. The highest BCUT2D eigenvalue weighted by Crippen LogP contribution is 2.42. The molecule has 1 aliphatic heterocycles. The standard InChI is InChI=1S/C18H19F3N2O3S/c1-18(2)23(17(25)16(20)21)12(7-19)15(26-18)11-5-3-10(4-6-11)13-8-22-14(9-24)27-13/h3-6,8,12,15-16,24H,7,9H2,1-2H3/t12-,15-/m1/s1. The molecule has 2 atom stereocenters. The molecule has 2 aromatic rings. The molecule has 1 saturated heterocycles. The number of alkyl halides is 3. The second-order valence-electron chi connectivity index (χ2n) is 6.61. The molecule has 1 fully saturated rings. The van der Waals surface area contributed by atoms with Crippen LogP contribution in [0, 0.1) is 0 Å². The maximum Gasteiger partial charge on any atom is 0.315 e. The van der Waals surface area contributed by atoms with E-state index < -0.39 is 36.9 Å². The Bertz CT molecular complexity index is 810. The number of nitrogens with zero attached hydrogens (tertiary/aromatic N) is 2. The van der Waals surface area contributed by atoms with Crippen LogP contribution < -0.4 is 0 Å². The number of aliphatic hydroxyl groups excluding tert-OH is 1. The largest absolute Gasteiger partial charge is 0.389 e. The molecule has 1 N–H and O–H groups in total. The summed E-state index contributed by atoms with van der Waals surface area (Å²) in [5.74, 6) is -1.44. The Morgan fingerprint density at radius 1 is 1.37 bits per heavy atom. The van der Waals surface area contributed by atoms with Crippen molar-refractivity contribution in [2.45, 2.75) is 44.8 Å². The van der Waals surface area contributed by atoms with Crippen molar-refractivity contribution in [3.63, 3.8) is 0 Å². The van der Waals surface area contributed by atoms with Crippen LogP contribution in [-0.4, -0.2) is 45.8 Å². The quantitative estimate of drug-likeness (QED) is 0.834. The van der Waals surface area contributed by atoms with E-state index in [1.165, 1.54) is 25.2 Å². The molecule has 0 aliphatic carbocycles. The molecule has 0 spiro atoms. The summed E-state index contributed by atoms with van der Waals surface area (Å²) in [7, 11) is 0. The van der Waals surface area contributed by atoms with Crippen molar-refractivity contribution in [1.82, 2.24) is 9.88 Å². The summed E-state index contributed by atoms with van der Waals surface area (Å²) in [6, 6.07) is 5.87. The number of halogens is 3. The molecule has 0 bridgehead atoms. The van der Waals surface area contributed by atoms with Crippen molar-refractivity contribution >= 4 is 17.2 Å². The van der Waals surface area contributed by atoms with Gasteiger partial charge in [-0.2, -0.15) is 8.78 Å². The summed E-state index contributed by atoms with van der Waals surface area (Å²) in [6.07, 6.45) is -2.43. The van der Waals surface area contributed by atoms with Gasteiger partial charge in [0.25, 0.3) is 5.91 Å². The number of carbonyl (C=O) groups excluding carboxylic acids is 1. The van der Waals surface area contributed by atoms with Gasteiger partial charge in [0.1, 0.15) is 23.5 Å². The van der Waals surface area contributed by atoms with Crippen LogP contribution in [0.1, 0.15) is 30.5 Å². The number of ether oxygens (including phenoxy) is 1. The van der Waals surface area contributed by atoms with Crippen molar-refractivity contribution in [2.24, 2.45) is 0 Å². The zero-order chi connectivity index (χ0) is 19.8. The second-order valence-corrected chi connectivity index (χ2v) is 7.73. The van der Waals surface area contributed by atoms with E-state index in [1.54, 1.807) is 30.5 Å². The highest BCUT2D eigenvalue weighted by atomic mass is 32.1. The second kappa shape index (κ2) is 7.57. The van der Waals surface area contributed by atoms with Crippen molar-refractivity contribution in [2.75, 3.05) is 6.67 Å². The SMILES string of the molecule is CC1(C)O[C@H](c2ccc(-c3cnc(CO)s3)cc2)[C@@H](CF)N1C(=O)C(F)F. The zero-order valence-electron chi connectivity index (χ0n) is 14.7. The average Bonchev–Trinajstić information content (AvgIpc) is 3.22. The Morgan fingerprint density at radius 2 is 2.04 bits per heavy atom. The Hall–Kier alpha value is -1.97. The lowest BCUT2D eigenvalue weighted by Crippen LogP contribution is -2.51. The fourth-order valence-corrected chi connectivity index (χ4v) is 4.09. The summed E-state index contributed by atoms with van der Waals surface area (Å²) < 4.78 is 45.4. The summed E-state index contributed by atoms with van der Waals surface area (Å²) in [4.78, 5) is 17.6. The molecule has 1 aliphatic rings. The third-order valence-electron chi connectivity index (χ3n) is 4.47. The van der Waals surface area contributed by atoms with Crippen LogP contribution in [0.25, 0.3) is 10.4 Å². The smallest absolute Gasteiger partial charge is 0.315 e. The number of hydrogen-bond acceptors (Lipinski definition) is 5. The molecular formula is C18H19F3N2O3S. The molecule has 0 unspecified atom stereocenters. The van der Waals surface area contributed by atoms with Crippen LogP contribution in [-0.2, 0) is 16.1 Å². The Balaban J connectivity index is 1.88. The Morgan fingerprint density at radius 3 is 2.56 bits per heavy atom. The third kappa shape index (κ3) is 3.71. The van der Waals surface area contributed by atoms with Gasteiger partial charge in [-0.05, 0) is 25.0 Å². The van der Waals surface area contributed by atoms with Gasteiger partial charge in [-0.3, -0.25) is 4.79 Å². The number of aliphatic hydroxyl groups is 1. The lowest BCUT2D eigenvalue weighted by atomic mass is 10.0. The molecule has 146 valence electrons. The van der Waals surface area contributed by atoms with Gasteiger partial charge >= 0.3 is 6.43 Å². The van der Waals surface area contributed by atoms with Crippen molar-refractivity contribution in [3.8, 4) is 10.4 Å². The first-order valence-electron chi connectivity index (χ1n) is 8.29. The topological polar surface area (TPSA) is 62.7 Å². The van der Waals surface area contributed by atoms with Crippen molar-refractivity contribution < 1.29 is 27.8 Å². The van der Waals surface area contributed by atoms with Crippen LogP contribution >= 0.6 is 11.3 Å². The first-order valence-corrected chi connectivity index (χ1v) is 9.11. The lowest BCUT2D eigenvalue weighted by Gasteiger charge is -2.32. The highest BCUT2D eigenvalue weighted by molar-refractivity contribution is 7.15. The third-order valence-corrected chi connectivity index (χ3v) is 5.50. The zero-order valence-corrected chi connectivity index (χ0v) is 15.5. The van der Waals surface area contributed by atoms with Crippen molar-refractivity contribution in [3.05, 3.63) is 41.0 Å². The minimum Gasteiger partial charge on any atom is -0.389 e. The molecular weight excluding hydrogens is 381 g/mol. The number of benzene rings is 1. The molecule has 3 rings (SSSR count). The van der Waals surface area contributed by atoms with Gasteiger partial charge in [0.05, 0.1) is 17.5 Å². The number of amides is 1. The number of hydrogen-bond donors (Lipinski definition) is 1. The summed E-state index contributed by atoms with van der Waals surface area (Å²) in [5.41, 5.74) is 0.0952. The molecule has 1 amide bonds. The van der Waals surface area contributed by atoms with Gasteiger partial charge in [-0.15, -0.1) is 11.3 Å². The molecule has 5 nitrogen and oxygen atoms in total. The molecule has 9 heteroatoms. The fourth-order valence-electron chi connectivity index (χ4n) is 3.31. The van der Waals surface area contributed by atoms with E-state index >= 15 is 0 Å².